The van der Waals surface area contributed by atoms with Crippen LogP contribution in [0.4, 0.5) is 5.69 Å². The first-order valence-corrected chi connectivity index (χ1v) is 8.51. The molecule has 5 nitrogen and oxygen atoms in total. The molecule has 0 spiro atoms. The van der Waals surface area contributed by atoms with Crippen molar-refractivity contribution in [3.63, 3.8) is 0 Å². The third-order valence-electron chi connectivity index (χ3n) is 4.72. The number of anilines is 1. The fraction of sp³-hybridized carbons (Fsp3) is 0.733. The maximum atomic E-state index is 12.6. The van der Waals surface area contributed by atoms with Crippen LogP contribution in [0, 0.1) is 5.92 Å². The maximum absolute atomic E-state index is 12.6. The summed E-state index contributed by atoms with van der Waals surface area (Å²) < 4.78 is 7.75. The highest BCUT2D eigenvalue weighted by molar-refractivity contribution is 9.10. The van der Waals surface area contributed by atoms with Crippen molar-refractivity contribution in [1.29, 1.82) is 0 Å². The van der Waals surface area contributed by atoms with Crippen molar-refractivity contribution in [3.8, 4) is 0 Å². The van der Waals surface area contributed by atoms with Crippen molar-refractivity contribution in [3.05, 3.63) is 21.0 Å². The van der Waals surface area contributed by atoms with E-state index in [2.05, 4.69) is 26.3 Å². The van der Waals surface area contributed by atoms with Gasteiger partial charge in [0.2, 0.25) is 0 Å². The second-order valence-electron chi connectivity index (χ2n) is 6.16. The zero-order valence-electron chi connectivity index (χ0n) is 12.3. The third kappa shape index (κ3) is 3.31. The van der Waals surface area contributed by atoms with E-state index in [9.17, 15) is 4.79 Å². The first-order chi connectivity index (χ1) is 10.2. The number of hydrogen-bond donors (Lipinski definition) is 1. The Morgan fingerprint density at radius 3 is 2.86 bits per heavy atom. The SMILES string of the molecule is COC1CCC(Nc2c(Br)cnn(CC3CCC3)c2=O)C1. The highest BCUT2D eigenvalue weighted by atomic mass is 79.9. The molecule has 3 rings (SSSR count). The molecule has 0 bridgehead atoms. The van der Waals surface area contributed by atoms with Gasteiger partial charge in [-0.2, -0.15) is 5.10 Å². The third-order valence-corrected chi connectivity index (χ3v) is 5.32. The predicted molar refractivity (Wildman–Crippen MR) is 85.6 cm³/mol. The lowest BCUT2D eigenvalue weighted by Gasteiger charge is -2.25. The fourth-order valence-corrected chi connectivity index (χ4v) is 3.51. The molecule has 0 aliphatic heterocycles. The van der Waals surface area contributed by atoms with Gasteiger partial charge in [0.05, 0.1) is 16.8 Å². The smallest absolute Gasteiger partial charge is 0.291 e. The molecule has 2 atom stereocenters. The minimum atomic E-state index is -0.0165. The second kappa shape index (κ2) is 6.48. The Kier molecular flexibility index (Phi) is 4.64. The van der Waals surface area contributed by atoms with Crippen LogP contribution in [0.5, 0.6) is 0 Å². The van der Waals surface area contributed by atoms with Gasteiger partial charge in [0.1, 0.15) is 5.69 Å². The van der Waals surface area contributed by atoms with Gasteiger partial charge >= 0.3 is 0 Å². The summed E-state index contributed by atoms with van der Waals surface area (Å²) in [7, 11) is 1.75. The average Bonchev–Trinajstić information content (AvgIpc) is 2.88. The normalized spacial score (nSPS) is 25.8. The highest BCUT2D eigenvalue weighted by Crippen LogP contribution is 2.28. The van der Waals surface area contributed by atoms with E-state index in [1.807, 2.05) is 0 Å². The minimum absolute atomic E-state index is 0.0165. The van der Waals surface area contributed by atoms with Crippen LogP contribution < -0.4 is 10.9 Å². The number of nitrogens with one attached hydrogen (secondary N) is 1. The van der Waals surface area contributed by atoms with E-state index < -0.39 is 0 Å². The molecule has 0 radical (unpaired) electrons. The van der Waals surface area contributed by atoms with Crippen LogP contribution in [0.3, 0.4) is 0 Å². The molecular formula is C15H22BrN3O2. The van der Waals surface area contributed by atoms with Crippen molar-refractivity contribution in [2.24, 2.45) is 5.92 Å². The molecule has 6 heteroatoms. The summed E-state index contributed by atoms with van der Waals surface area (Å²) in [5, 5.41) is 7.65. The summed E-state index contributed by atoms with van der Waals surface area (Å²) in [4.78, 5) is 12.6. The van der Waals surface area contributed by atoms with Crippen LogP contribution >= 0.6 is 15.9 Å². The molecule has 116 valence electrons. The number of halogens is 1. The molecule has 2 saturated carbocycles. The van der Waals surface area contributed by atoms with Crippen LogP contribution in [0.15, 0.2) is 15.5 Å². The zero-order chi connectivity index (χ0) is 14.8. The van der Waals surface area contributed by atoms with Crippen molar-refractivity contribution in [1.82, 2.24) is 9.78 Å². The lowest BCUT2D eigenvalue weighted by Crippen LogP contribution is -2.32. The maximum Gasteiger partial charge on any atom is 0.291 e. The van der Waals surface area contributed by atoms with E-state index >= 15 is 0 Å². The zero-order valence-corrected chi connectivity index (χ0v) is 13.9. The number of hydrogen-bond acceptors (Lipinski definition) is 4. The van der Waals surface area contributed by atoms with E-state index in [0.29, 0.717) is 23.8 Å². The molecule has 1 aromatic heterocycles. The number of ether oxygens (including phenoxy) is 1. The summed E-state index contributed by atoms with van der Waals surface area (Å²) in [6.07, 6.45) is 8.78. The van der Waals surface area contributed by atoms with Gasteiger partial charge in [0.15, 0.2) is 0 Å². The van der Waals surface area contributed by atoms with Gasteiger partial charge in [-0.05, 0) is 54.0 Å². The monoisotopic (exact) mass is 355 g/mol. The van der Waals surface area contributed by atoms with Gasteiger partial charge in [-0.15, -0.1) is 0 Å². The molecule has 0 aromatic carbocycles. The molecule has 2 fully saturated rings. The van der Waals surface area contributed by atoms with E-state index in [4.69, 9.17) is 4.74 Å². The molecule has 0 saturated heterocycles. The Morgan fingerprint density at radius 1 is 1.43 bits per heavy atom. The number of nitrogens with zero attached hydrogens (tertiary/aromatic N) is 2. The van der Waals surface area contributed by atoms with Gasteiger partial charge in [-0.1, -0.05) is 6.42 Å². The van der Waals surface area contributed by atoms with E-state index in [0.717, 1.165) is 30.3 Å². The van der Waals surface area contributed by atoms with E-state index in [-0.39, 0.29) is 5.56 Å². The van der Waals surface area contributed by atoms with E-state index in [1.54, 1.807) is 18.0 Å². The lowest BCUT2D eigenvalue weighted by atomic mass is 9.85. The van der Waals surface area contributed by atoms with Gasteiger partial charge in [-0.25, -0.2) is 4.68 Å². The summed E-state index contributed by atoms with van der Waals surface area (Å²) in [5.74, 6) is 0.619. The number of methoxy groups -OCH3 is 1. The number of aromatic nitrogens is 2. The molecular weight excluding hydrogens is 334 g/mol. The molecule has 1 heterocycles. The van der Waals surface area contributed by atoms with Crippen molar-refractivity contribution in [2.75, 3.05) is 12.4 Å². The van der Waals surface area contributed by atoms with Crippen molar-refractivity contribution >= 4 is 21.6 Å². The molecule has 2 aliphatic carbocycles. The van der Waals surface area contributed by atoms with Crippen LogP contribution in [-0.2, 0) is 11.3 Å². The van der Waals surface area contributed by atoms with Gasteiger partial charge in [0, 0.05) is 19.7 Å². The Labute approximate surface area is 133 Å². The Balaban J connectivity index is 1.74. The van der Waals surface area contributed by atoms with Crippen molar-refractivity contribution < 1.29 is 4.74 Å². The largest absolute Gasteiger partial charge is 0.381 e. The second-order valence-corrected chi connectivity index (χ2v) is 7.02. The molecule has 1 N–H and O–H groups in total. The minimum Gasteiger partial charge on any atom is -0.381 e. The summed E-state index contributed by atoms with van der Waals surface area (Å²) in [5.41, 5.74) is 0.628. The van der Waals surface area contributed by atoms with Crippen molar-refractivity contribution in [2.45, 2.75) is 57.2 Å². The Hall–Kier alpha value is -0.880. The summed E-state index contributed by atoms with van der Waals surface area (Å²) in [6, 6.07) is 0.304. The first kappa shape index (κ1) is 15.0. The average molecular weight is 356 g/mol. The predicted octanol–water partition coefficient (Wildman–Crippen LogP) is 2.79. The first-order valence-electron chi connectivity index (χ1n) is 7.72. The molecule has 21 heavy (non-hydrogen) atoms. The van der Waals surface area contributed by atoms with E-state index in [1.165, 1.54) is 19.3 Å². The molecule has 2 unspecified atom stereocenters. The fourth-order valence-electron chi connectivity index (χ4n) is 3.14. The van der Waals surface area contributed by atoms with Gasteiger partial charge < -0.3 is 10.1 Å². The standard InChI is InChI=1S/C15H22BrN3O2/c1-21-12-6-5-11(7-12)18-14-13(16)8-17-19(15(14)20)9-10-3-2-4-10/h8,10-12,18H,2-7,9H2,1H3. The topological polar surface area (TPSA) is 56.1 Å². The quantitative estimate of drug-likeness (QED) is 0.882. The van der Waals surface area contributed by atoms with Crippen LogP contribution in [0.1, 0.15) is 38.5 Å². The number of rotatable bonds is 5. The van der Waals surface area contributed by atoms with Gasteiger partial charge in [-0.3, -0.25) is 4.79 Å². The Morgan fingerprint density at radius 2 is 2.24 bits per heavy atom. The molecule has 0 amide bonds. The Bertz CT molecular complexity index is 556. The molecule has 2 aliphatic rings. The van der Waals surface area contributed by atoms with Crippen LogP contribution in [0.2, 0.25) is 0 Å². The van der Waals surface area contributed by atoms with Crippen LogP contribution in [0.25, 0.3) is 0 Å². The highest BCUT2D eigenvalue weighted by Gasteiger charge is 2.26. The summed E-state index contributed by atoms with van der Waals surface area (Å²) in [6.45, 7) is 0.742. The summed E-state index contributed by atoms with van der Waals surface area (Å²) >= 11 is 3.45. The van der Waals surface area contributed by atoms with Crippen LogP contribution in [-0.4, -0.2) is 29.0 Å². The molecule has 1 aromatic rings. The van der Waals surface area contributed by atoms with Gasteiger partial charge in [0.25, 0.3) is 5.56 Å². The lowest BCUT2D eigenvalue weighted by molar-refractivity contribution is 0.108.